The number of ketones is 1. The van der Waals surface area contributed by atoms with Crippen LogP contribution in [0.5, 0.6) is 0 Å². The molecule has 3 nitrogen and oxygen atoms in total. The second-order valence-corrected chi connectivity index (χ2v) is 20.3. The minimum absolute atomic E-state index is 0.0256. The van der Waals surface area contributed by atoms with Crippen molar-refractivity contribution in [3.05, 3.63) is 147 Å². The molecule has 0 radical (unpaired) electrons. The van der Waals surface area contributed by atoms with E-state index in [-0.39, 0.29) is 21.6 Å². The minimum Gasteiger partial charge on any atom is -0.289 e. The highest BCUT2D eigenvalue weighted by Crippen LogP contribution is 2.41. The van der Waals surface area contributed by atoms with Crippen molar-refractivity contribution in [3.8, 4) is 0 Å². The van der Waals surface area contributed by atoms with Crippen LogP contribution in [0.25, 0.3) is 0 Å². The summed E-state index contributed by atoms with van der Waals surface area (Å²) >= 11 is 0. The summed E-state index contributed by atoms with van der Waals surface area (Å²) in [6, 6.07) is -2.44. The molecule has 73 heavy (non-hydrogen) atoms. The van der Waals surface area contributed by atoms with E-state index in [2.05, 4.69) is 0 Å². The number of rotatable bonds is 8. The molecule has 0 atom stereocenters. The molecule has 0 unspecified atom stereocenters. The van der Waals surface area contributed by atoms with Crippen molar-refractivity contribution in [1.29, 1.82) is 0 Å². The van der Waals surface area contributed by atoms with Crippen molar-refractivity contribution in [2.45, 2.75) is 54.3 Å². The standard InChI is InChI=1S/C32H12BF24.C11H15O3S2/c34-25(35,36)13-1-14(26(37,38)39)6-21(5-13)33(22-7-15(27(40,41)42)2-16(8-22)28(43,44)45,23-9-17(29(46,47)48)3-18(10-23)30(49,50)51)24-11-19(31(52,53)54)4-20(12-24)32(55,56)57;1-15(2)8-10(12)9-6-4-5-7-11(9)16(3,13)14/h1-12H;4-7H,8H2,1-3H3/q-1;+1. The molecule has 0 aromatic heterocycles. The van der Waals surface area contributed by atoms with Crippen LogP contribution in [0.4, 0.5) is 105 Å². The third-order valence-electron chi connectivity index (χ3n) is 10.4. The lowest BCUT2D eigenvalue weighted by Crippen LogP contribution is -2.75. The molecule has 0 heterocycles. The molecule has 0 aliphatic heterocycles. The van der Waals surface area contributed by atoms with E-state index in [1.165, 1.54) is 6.07 Å². The highest BCUT2D eigenvalue weighted by atomic mass is 32.2. The van der Waals surface area contributed by atoms with Crippen LogP contribution in [-0.2, 0) is 70.1 Å². The Hall–Kier alpha value is -5.55. The third-order valence-corrected chi connectivity index (χ3v) is 12.4. The van der Waals surface area contributed by atoms with Gasteiger partial charge in [-0.15, -0.1) is 0 Å². The lowest BCUT2D eigenvalue weighted by atomic mass is 9.12. The number of alkyl halides is 24. The van der Waals surface area contributed by atoms with Crippen LogP contribution < -0.4 is 21.9 Å². The second-order valence-electron chi connectivity index (χ2n) is 16.0. The number of benzene rings is 5. The fraction of sp³-hybridized carbons (Fsp3) is 0.279. The molecule has 5 aromatic rings. The van der Waals surface area contributed by atoms with Gasteiger partial charge in [0.25, 0.3) is 0 Å². The molecule has 0 saturated carbocycles. The smallest absolute Gasteiger partial charge is 0.289 e. The number of hydrogen-bond acceptors (Lipinski definition) is 3. The first-order valence-electron chi connectivity index (χ1n) is 19.3. The van der Waals surface area contributed by atoms with Gasteiger partial charge < -0.3 is 0 Å². The summed E-state index contributed by atoms with van der Waals surface area (Å²) in [4.78, 5) is 12.0. The maximum Gasteiger partial charge on any atom is 0.416 e. The normalized spacial score (nSPS) is 13.8. The summed E-state index contributed by atoms with van der Waals surface area (Å²) in [5.74, 6) is 0.293. The first kappa shape index (κ1) is 60.0. The number of sulfone groups is 1. The number of carbonyl (C=O) groups is 1. The predicted molar refractivity (Wildman–Crippen MR) is 218 cm³/mol. The van der Waals surface area contributed by atoms with E-state index in [9.17, 15) is 119 Å². The monoisotopic (exact) mass is 1120 g/mol. The van der Waals surface area contributed by atoms with Gasteiger partial charge in [0.05, 0.1) is 61.9 Å². The zero-order valence-electron chi connectivity index (χ0n) is 36.1. The van der Waals surface area contributed by atoms with Gasteiger partial charge in [-0.05, 0) is 47.3 Å². The zero-order chi connectivity index (χ0) is 56.3. The highest BCUT2D eigenvalue weighted by molar-refractivity contribution is 7.96. The van der Waals surface area contributed by atoms with Gasteiger partial charge in [-0.1, -0.05) is 60.7 Å². The molecule has 5 aromatic carbocycles. The van der Waals surface area contributed by atoms with Gasteiger partial charge in [0.15, 0.2) is 15.6 Å². The first-order valence-corrected chi connectivity index (χ1v) is 23.4. The van der Waals surface area contributed by atoms with Crippen molar-refractivity contribution < 1.29 is 119 Å². The number of halogens is 24. The molecular weight excluding hydrogens is 1100 g/mol. The van der Waals surface area contributed by atoms with Crippen molar-refractivity contribution in [2.24, 2.45) is 0 Å². The maximum atomic E-state index is 14.2. The molecule has 0 fully saturated rings. The quantitative estimate of drug-likeness (QED) is 0.0673. The van der Waals surface area contributed by atoms with Crippen LogP contribution in [0.1, 0.15) is 54.9 Å². The average Bonchev–Trinajstić information content (AvgIpc) is 3.21. The van der Waals surface area contributed by atoms with Crippen LogP contribution in [0.3, 0.4) is 0 Å². The zero-order valence-corrected chi connectivity index (χ0v) is 37.8. The van der Waals surface area contributed by atoms with Crippen LogP contribution in [-0.4, -0.2) is 44.9 Å². The van der Waals surface area contributed by atoms with E-state index in [1.54, 1.807) is 18.2 Å². The van der Waals surface area contributed by atoms with Crippen LogP contribution in [0.15, 0.2) is 102 Å². The van der Waals surface area contributed by atoms with Crippen molar-refractivity contribution in [2.75, 3.05) is 24.5 Å². The van der Waals surface area contributed by atoms with Crippen molar-refractivity contribution >= 4 is 54.5 Å². The molecule has 0 N–H and O–H groups in total. The third kappa shape index (κ3) is 14.2. The molecule has 400 valence electrons. The SMILES string of the molecule is C[S+](C)CC(=O)c1ccccc1S(C)(=O)=O.FC(F)(F)c1cc([B-](c2cc(C(F)(F)F)cc(C(F)(F)F)c2)(c2cc(C(F)(F)F)cc(C(F)(F)F)c2)c2cc(C(F)(F)F)cc(C(F)(F)F)c2)cc(C(F)(F)F)c1. The molecule has 0 bridgehead atoms. The molecule has 0 amide bonds. The Morgan fingerprint density at radius 3 is 0.781 bits per heavy atom. The van der Waals surface area contributed by atoms with E-state index in [0.29, 0.717) is 11.3 Å². The van der Waals surface area contributed by atoms with E-state index >= 15 is 0 Å². The van der Waals surface area contributed by atoms with Gasteiger partial charge in [0.1, 0.15) is 6.15 Å². The fourth-order valence-electron chi connectivity index (χ4n) is 7.43. The van der Waals surface area contributed by atoms with Gasteiger partial charge in [-0.25, -0.2) is 8.42 Å². The van der Waals surface area contributed by atoms with Crippen LogP contribution in [0, 0.1) is 0 Å². The van der Waals surface area contributed by atoms with E-state index in [4.69, 9.17) is 0 Å². The number of Topliss-reactive ketones (excluding diaryl/α,β-unsaturated/α-hetero) is 1. The molecule has 0 saturated heterocycles. The summed E-state index contributed by atoms with van der Waals surface area (Å²) in [6.45, 7) is 0. The Morgan fingerprint density at radius 1 is 0.397 bits per heavy atom. The van der Waals surface area contributed by atoms with Gasteiger partial charge >= 0.3 is 49.4 Å². The number of carbonyl (C=O) groups excluding carboxylic acids is 1. The van der Waals surface area contributed by atoms with Gasteiger partial charge in [-0.3, -0.25) is 4.79 Å². The molecule has 0 spiro atoms. The Balaban J connectivity index is 0.000000613. The first-order chi connectivity index (χ1) is 32.6. The molecule has 30 heteroatoms. The Labute approximate surface area is 398 Å². The second kappa shape index (κ2) is 20.0. The Bertz CT molecular complexity index is 2520. The largest absolute Gasteiger partial charge is 0.416 e. The lowest BCUT2D eigenvalue weighted by Gasteiger charge is -2.46. The van der Waals surface area contributed by atoms with Gasteiger partial charge in [0.2, 0.25) is 5.78 Å². The van der Waals surface area contributed by atoms with Gasteiger partial charge in [-0.2, -0.15) is 127 Å². The summed E-state index contributed by atoms with van der Waals surface area (Å²) in [6.07, 6.45) is -49.8. The Morgan fingerprint density at radius 2 is 0.603 bits per heavy atom. The van der Waals surface area contributed by atoms with Crippen molar-refractivity contribution in [1.82, 2.24) is 0 Å². The van der Waals surface area contributed by atoms with Gasteiger partial charge in [0, 0.05) is 11.8 Å². The summed E-state index contributed by atoms with van der Waals surface area (Å²) < 4.78 is 364. The summed E-state index contributed by atoms with van der Waals surface area (Å²) in [5.41, 5.74) is -29.9. The van der Waals surface area contributed by atoms with E-state index < -0.39 is 205 Å². The fourth-order valence-corrected chi connectivity index (χ4v) is 9.02. The van der Waals surface area contributed by atoms with E-state index in [0.717, 1.165) is 6.26 Å². The molecule has 0 aliphatic rings. The Kier molecular flexibility index (Phi) is 16.4. The van der Waals surface area contributed by atoms with Crippen LogP contribution in [0.2, 0.25) is 0 Å². The maximum absolute atomic E-state index is 14.2. The lowest BCUT2D eigenvalue weighted by molar-refractivity contribution is -0.144. The molecular formula is C43H27BF24O3S2. The van der Waals surface area contributed by atoms with E-state index in [1.807, 2.05) is 12.5 Å². The predicted octanol–water partition coefficient (Wildman–Crippen LogP) is 12.4. The minimum atomic E-state index is -6.13. The highest BCUT2D eigenvalue weighted by Gasteiger charge is 2.47. The molecule has 0 aliphatic carbocycles. The van der Waals surface area contributed by atoms with Crippen LogP contribution >= 0.6 is 0 Å². The number of hydrogen-bond donors (Lipinski definition) is 0. The topological polar surface area (TPSA) is 51.2 Å². The average molecular weight is 1120 g/mol. The summed E-state index contributed by atoms with van der Waals surface area (Å²) in [7, 11) is -3.36. The molecule has 5 rings (SSSR count). The summed E-state index contributed by atoms with van der Waals surface area (Å²) in [5, 5.41) is 0. The van der Waals surface area contributed by atoms with Crippen molar-refractivity contribution in [3.63, 3.8) is 0 Å².